The number of benzene rings is 2. The molecule has 2 aromatic carbocycles. The summed E-state index contributed by atoms with van der Waals surface area (Å²) in [6, 6.07) is 12.1. The summed E-state index contributed by atoms with van der Waals surface area (Å²) in [4.78, 5) is 0. The number of aromatic hydroxyl groups is 2. The van der Waals surface area contributed by atoms with Crippen LogP contribution in [0.5, 0.6) is 11.5 Å². The highest BCUT2D eigenvalue weighted by Crippen LogP contribution is 2.23. The second-order valence-corrected chi connectivity index (χ2v) is 5.35. The molecule has 0 spiro atoms. The third-order valence-electron chi connectivity index (χ3n) is 3.36. The first kappa shape index (κ1) is 15.0. The van der Waals surface area contributed by atoms with Crippen molar-refractivity contribution in [3.05, 3.63) is 58.4 Å². The molecule has 3 aromatic rings. The molecular weight excluding hydrogens is 312 g/mol. The van der Waals surface area contributed by atoms with Crippen LogP contribution in [0.3, 0.4) is 0 Å². The second kappa shape index (κ2) is 6.05. The summed E-state index contributed by atoms with van der Waals surface area (Å²) >= 11 is 5.21. The molecule has 0 atom stereocenters. The van der Waals surface area contributed by atoms with Gasteiger partial charge in [-0.25, -0.2) is 5.10 Å². The number of hydrogen-bond donors (Lipinski definition) is 3. The highest BCUT2D eigenvalue weighted by Gasteiger charge is 2.10. The van der Waals surface area contributed by atoms with Gasteiger partial charge in [0.25, 0.3) is 0 Å². The fraction of sp³-hybridized carbons (Fsp3) is 0.0625. The Bertz CT molecular complexity index is 943. The summed E-state index contributed by atoms with van der Waals surface area (Å²) in [6.45, 7) is 1.98. The minimum absolute atomic E-state index is 0.0137. The van der Waals surface area contributed by atoms with Gasteiger partial charge in [0.2, 0.25) is 4.77 Å². The average Bonchev–Trinajstić information content (AvgIpc) is 2.88. The van der Waals surface area contributed by atoms with Crippen molar-refractivity contribution in [2.75, 3.05) is 0 Å². The highest BCUT2D eigenvalue weighted by atomic mass is 32.1. The Morgan fingerprint density at radius 1 is 1.22 bits per heavy atom. The number of hydrogen-bond acceptors (Lipinski definition) is 5. The smallest absolute Gasteiger partial charge is 0.216 e. The number of aromatic nitrogens is 3. The number of phenols is 2. The van der Waals surface area contributed by atoms with E-state index in [0.717, 1.165) is 11.1 Å². The maximum absolute atomic E-state index is 9.81. The van der Waals surface area contributed by atoms with E-state index in [-0.39, 0.29) is 11.5 Å². The van der Waals surface area contributed by atoms with Gasteiger partial charge in [0.05, 0.1) is 6.21 Å². The molecule has 0 saturated carbocycles. The summed E-state index contributed by atoms with van der Waals surface area (Å²) in [7, 11) is 0. The topological polar surface area (TPSA) is 86.4 Å². The number of rotatable bonds is 3. The fourth-order valence-electron chi connectivity index (χ4n) is 2.16. The second-order valence-electron chi connectivity index (χ2n) is 4.97. The van der Waals surface area contributed by atoms with Crippen molar-refractivity contribution >= 4 is 18.4 Å². The fourth-order valence-corrected chi connectivity index (χ4v) is 2.34. The van der Waals surface area contributed by atoms with Gasteiger partial charge in [-0.3, -0.25) is 0 Å². The van der Waals surface area contributed by atoms with E-state index in [9.17, 15) is 10.2 Å². The molecule has 0 aliphatic heterocycles. The number of H-pyrrole nitrogens is 1. The molecular formula is C16H14N4O2S. The van der Waals surface area contributed by atoms with Crippen LogP contribution in [0.2, 0.25) is 0 Å². The lowest BCUT2D eigenvalue weighted by Gasteiger charge is -2.04. The molecule has 3 N–H and O–H groups in total. The van der Waals surface area contributed by atoms with Crippen LogP contribution in [0.1, 0.15) is 11.1 Å². The first-order valence-corrected chi connectivity index (χ1v) is 7.27. The van der Waals surface area contributed by atoms with Crippen molar-refractivity contribution in [3.63, 3.8) is 0 Å². The Kier molecular flexibility index (Phi) is 3.94. The number of aromatic amines is 1. The van der Waals surface area contributed by atoms with Gasteiger partial charge in [-0.15, -0.1) is 0 Å². The van der Waals surface area contributed by atoms with E-state index < -0.39 is 0 Å². The molecule has 0 amide bonds. The first-order valence-electron chi connectivity index (χ1n) is 6.86. The van der Waals surface area contributed by atoms with Crippen molar-refractivity contribution in [1.29, 1.82) is 0 Å². The molecule has 0 radical (unpaired) electrons. The van der Waals surface area contributed by atoms with Gasteiger partial charge in [-0.2, -0.15) is 14.9 Å². The number of aryl methyl sites for hydroxylation is 1. The van der Waals surface area contributed by atoms with Crippen LogP contribution in [0.15, 0.2) is 47.6 Å². The maximum atomic E-state index is 9.81. The van der Waals surface area contributed by atoms with E-state index in [1.54, 1.807) is 6.07 Å². The van der Waals surface area contributed by atoms with E-state index in [4.69, 9.17) is 12.2 Å². The lowest BCUT2D eigenvalue weighted by molar-refractivity contribution is 0.450. The predicted octanol–water partition coefficient (Wildman–Crippen LogP) is 3.21. The molecule has 0 aliphatic rings. The van der Waals surface area contributed by atoms with Crippen LogP contribution in [0, 0.1) is 11.7 Å². The van der Waals surface area contributed by atoms with Crippen molar-refractivity contribution in [3.8, 4) is 22.9 Å². The zero-order valence-electron chi connectivity index (χ0n) is 12.3. The third kappa shape index (κ3) is 3.00. The van der Waals surface area contributed by atoms with E-state index >= 15 is 0 Å². The van der Waals surface area contributed by atoms with Crippen molar-refractivity contribution < 1.29 is 10.2 Å². The quantitative estimate of drug-likeness (QED) is 0.509. The van der Waals surface area contributed by atoms with Crippen molar-refractivity contribution in [2.45, 2.75) is 6.92 Å². The maximum Gasteiger partial charge on any atom is 0.216 e. The van der Waals surface area contributed by atoms with Crippen LogP contribution in [0.4, 0.5) is 0 Å². The molecule has 0 bridgehead atoms. The minimum Gasteiger partial charge on any atom is -0.508 e. The molecule has 23 heavy (non-hydrogen) atoms. The Balaban J connectivity index is 2.04. The van der Waals surface area contributed by atoms with Crippen LogP contribution in [0.25, 0.3) is 11.4 Å². The van der Waals surface area contributed by atoms with E-state index in [0.29, 0.717) is 16.2 Å². The summed E-state index contributed by atoms with van der Waals surface area (Å²) in [6.07, 6.45) is 1.46. The molecule has 3 rings (SSSR count). The van der Waals surface area contributed by atoms with E-state index in [1.807, 2.05) is 31.2 Å². The molecule has 7 heteroatoms. The van der Waals surface area contributed by atoms with E-state index in [1.165, 1.54) is 23.0 Å². The van der Waals surface area contributed by atoms with Crippen LogP contribution < -0.4 is 0 Å². The Labute approximate surface area is 137 Å². The van der Waals surface area contributed by atoms with Gasteiger partial charge in [0, 0.05) is 17.2 Å². The normalized spacial score (nSPS) is 11.2. The summed E-state index contributed by atoms with van der Waals surface area (Å²) < 4.78 is 1.84. The van der Waals surface area contributed by atoms with Crippen LogP contribution >= 0.6 is 12.2 Å². The molecule has 1 heterocycles. The zero-order chi connectivity index (χ0) is 16.4. The molecule has 1 aromatic heterocycles. The standard InChI is InChI=1S/C16H14N4O2S/c1-10-4-2-3-5-13(10)15-18-19-16(23)20(15)17-9-11-6-7-12(21)8-14(11)22/h2-9,21-22H,1H3,(H,19,23)/b17-9+. The van der Waals surface area contributed by atoms with Crippen molar-refractivity contribution in [2.24, 2.45) is 5.10 Å². The van der Waals surface area contributed by atoms with Gasteiger partial charge in [0.15, 0.2) is 5.82 Å². The summed E-state index contributed by atoms with van der Waals surface area (Å²) in [5, 5.41) is 30.4. The number of nitrogens with one attached hydrogen (secondary N) is 1. The Morgan fingerprint density at radius 2 is 2.00 bits per heavy atom. The van der Waals surface area contributed by atoms with Gasteiger partial charge in [-0.05, 0) is 36.8 Å². The Hall–Kier alpha value is -2.93. The predicted molar refractivity (Wildman–Crippen MR) is 90.3 cm³/mol. The molecule has 0 saturated heterocycles. The monoisotopic (exact) mass is 326 g/mol. The number of nitrogens with zero attached hydrogens (tertiary/aromatic N) is 3. The Morgan fingerprint density at radius 3 is 2.74 bits per heavy atom. The van der Waals surface area contributed by atoms with Gasteiger partial charge in [-0.1, -0.05) is 24.3 Å². The van der Waals surface area contributed by atoms with Gasteiger partial charge < -0.3 is 10.2 Å². The molecule has 0 aliphatic carbocycles. The lowest BCUT2D eigenvalue weighted by Crippen LogP contribution is -1.96. The van der Waals surface area contributed by atoms with Gasteiger partial charge >= 0.3 is 0 Å². The largest absolute Gasteiger partial charge is 0.508 e. The number of phenolic OH excluding ortho intramolecular Hbond substituents is 2. The van der Waals surface area contributed by atoms with Crippen molar-refractivity contribution in [1.82, 2.24) is 14.9 Å². The molecule has 6 nitrogen and oxygen atoms in total. The first-order chi connectivity index (χ1) is 11.1. The zero-order valence-corrected chi connectivity index (χ0v) is 13.1. The third-order valence-corrected chi connectivity index (χ3v) is 3.63. The van der Waals surface area contributed by atoms with Gasteiger partial charge in [0.1, 0.15) is 11.5 Å². The molecule has 0 fully saturated rings. The molecule has 0 unspecified atom stereocenters. The summed E-state index contributed by atoms with van der Waals surface area (Å²) in [5.74, 6) is 0.504. The summed E-state index contributed by atoms with van der Waals surface area (Å²) in [5.41, 5.74) is 2.42. The minimum atomic E-state index is -0.0683. The average molecular weight is 326 g/mol. The SMILES string of the molecule is Cc1ccccc1-c1n[nH]c(=S)n1/N=C/c1ccc(O)cc1O. The van der Waals surface area contributed by atoms with Crippen LogP contribution in [-0.2, 0) is 0 Å². The molecule has 116 valence electrons. The highest BCUT2D eigenvalue weighted by molar-refractivity contribution is 7.71. The van der Waals surface area contributed by atoms with Crippen LogP contribution in [-0.4, -0.2) is 31.3 Å². The van der Waals surface area contributed by atoms with E-state index in [2.05, 4.69) is 15.3 Å². The lowest BCUT2D eigenvalue weighted by atomic mass is 10.1.